The molecule has 0 saturated heterocycles. The van der Waals surface area contributed by atoms with E-state index in [1.165, 1.54) is 15.4 Å². The molecule has 0 fully saturated rings. The summed E-state index contributed by atoms with van der Waals surface area (Å²) in [6.45, 7) is 0. The molecule has 68 valence electrons. The van der Waals surface area contributed by atoms with Crippen LogP contribution < -0.4 is 0 Å². The Kier molecular flexibility index (Phi) is 1.83. The van der Waals surface area contributed by atoms with Crippen molar-refractivity contribution in [3.63, 3.8) is 0 Å². The number of hydrogen-bond acceptors (Lipinski definition) is 1. The van der Waals surface area contributed by atoms with Gasteiger partial charge in [-0.05, 0) is 0 Å². The monoisotopic (exact) mass is 248 g/mol. The van der Waals surface area contributed by atoms with E-state index in [2.05, 4.69) is 35.3 Å². The Bertz CT molecular complexity index is 548. The maximum atomic E-state index is 5.37. The summed E-state index contributed by atoms with van der Waals surface area (Å²) < 4.78 is 6.80. The van der Waals surface area contributed by atoms with Crippen molar-refractivity contribution < 1.29 is 4.42 Å². The SMILES string of the molecule is c1ccc(-c2[se]cc3occc23)cc1. The van der Waals surface area contributed by atoms with E-state index >= 15 is 0 Å². The fourth-order valence-electron chi connectivity index (χ4n) is 1.59. The molecule has 0 aliphatic rings. The van der Waals surface area contributed by atoms with Crippen LogP contribution in [0.25, 0.3) is 21.0 Å². The van der Waals surface area contributed by atoms with Gasteiger partial charge in [0, 0.05) is 0 Å². The molecule has 3 rings (SSSR count). The second-order valence-corrected chi connectivity index (χ2v) is 4.97. The molecule has 0 amide bonds. The van der Waals surface area contributed by atoms with Crippen molar-refractivity contribution >= 4 is 25.5 Å². The van der Waals surface area contributed by atoms with Crippen molar-refractivity contribution in [2.75, 3.05) is 0 Å². The zero-order valence-corrected chi connectivity index (χ0v) is 9.15. The summed E-state index contributed by atoms with van der Waals surface area (Å²) in [4.78, 5) is 2.20. The first-order valence-corrected chi connectivity index (χ1v) is 6.30. The normalized spacial score (nSPS) is 10.9. The number of fused-ring (bicyclic) bond motifs is 1. The molecule has 2 aromatic heterocycles. The Labute approximate surface area is 87.7 Å². The predicted molar refractivity (Wildman–Crippen MR) is 58.6 cm³/mol. The number of hydrogen-bond donors (Lipinski definition) is 0. The topological polar surface area (TPSA) is 13.1 Å². The summed E-state index contributed by atoms with van der Waals surface area (Å²) in [5.74, 6) is 0. The zero-order valence-electron chi connectivity index (χ0n) is 7.44. The number of furan rings is 1. The average molecular weight is 247 g/mol. The van der Waals surface area contributed by atoms with Crippen LogP contribution in [-0.2, 0) is 0 Å². The molecule has 0 radical (unpaired) electrons. The van der Waals surface area contributed by atoms with Gasteiger partial charge >= 0.3 is 87.5 Å². The van der Waals surface area contributed by atoms with Crippen LogP contribution in [0.4, 0.5) is 0 Å². The van der Waals surface area contributed by atoms with Crippen LogP contribution in [0, 0.1) is 0 Å². The van der Waals surface area contributed by atoms with E-state index in [1.54, 1.807) is 6.26 Å². The van der Waals surface area contributed by atoms with Crippen LogP contribution in [0.2, 0.25) is 0 Å². The van der Waals surface area contributed by atoms with Crippen LogP contribution in [-0.4, -0.2) is 14.5 Å². The van der Waals surface area contributed by atoms with Gasteiger partial charge < -0.3 is 0 Å². The van der Waals surface area contributed by atoms with E-state index in [1.807, 2.05) is 6.07 Å². The Balaban J connectivity index is 2.28. The van der Waals surface area contributed by atoms with Gasteiger partial charge in [-0.15, -0.1) is 0 Å². The first kappa shape index (κ1) is 8.10. The van der Waals surface area contributed by atoms with Gasteiger partial charge in [0.15, 0.2) is 0 Å². The molecule has 1 nitrogen and oxygen atoms in total. The van der Waals surface area contributed by atoms with Gasteiger partial charge in [-0.3, -0.25) is 0 Å². The molecule has 0 aliphatic heterocycles. The minimum atomic E-state index is 0.427. The van der Waals surface area contributed by atoms with E-state index < -0.39 is 0 Å². The van der Waals surface area contributed by atoms with Crippen molar-refractivity contribution in [3.05, 3.63) is 47.6 Å². The Hall–Kier alpha value is -1.24. The molecule has 1 aromatic carbocycles. The molecule has 0 saturated carbocycles. The molecular weight excluding hydrogens is 239 g/mol. The molecule has 0 N–H and O–H groups in total. The van der Waals surface area contributed by atoms with Gasteiger partial charge in [0.2, 0.25) is 0 Å². The van der Waals surface area contributed by atoms with Crippen molar-refractivity contribution in [1.82, 2.24) is 0 Å². The van der Waals surface area contributed by atoms with Crippen molar-refractivity contribution in [1.29, 1.82) is 0 Å². The van der Waals surface area contributed by atoms with Crippen LogP contribution in [0.1, 0.15) is 0 Å². The standard InChI is InChI=1S/C12H8OSe/c1-2-4-9(5-3-1)12-10-6-7-13-11(10)8-14-12/h1-8H. The van der Waals surface area contributed by atoms with E-state index in [9.17, 15) is 0 Å². The van der Waals surface area contributed by atoms with Gasteiger partial charge in [0.25, 0.3) is 0 Å². The third-order valence-electron chi connectivity index (χ3n) is 2.26. The van der Waals surface area contributed by atoms with Gasteiger partial charge in [-0.25, -0.2) is 0 Å². The Morgan fingerprint density at radius 2 is 1.86 bits per heavy atom. The molecule has 3 aromatic rings. The Morgan fingerprint density at radius 1 is 1.00 bits per heavy atom. The average Bonchev–Trinajstić information content (AvgIpc) is 2.79. The summed E-state index contributed by atoms with van der Waals surface area (Å²) in [5, 5.41) is 1.27. The summed E-state index contributed by atoms with van der Waals surface area (Å²) in [6.07, 6.45) is 1.76. The van der Waals surface area contributed by atoms with Crippen LogP contribution in [0.3, 0.4) is 0 Å². The molecule has 0 atom stereocenters. The first-order valence-electron chi connectivity index (χ1n) is 4.45. The fourth-order valence-corrected chi connectivity index (χ4v) is 3.63. The van der Waals surface area contributed by atoms with Crippen LogP contribution >= 0.6 is 0 Å². The van der Waals surface area contributed by atoms with Crippen molar-refractivity contribution in [3.8, 4) is 10.0 Å². The maximum absolute atomic E-state index is 5.37. The second-order valence-electron chi connectivity index (χ2n) is 3.13. The van der Waals surface area contributed by atoms with E-state index in [0.29, 0.717) is 14.5 Å². The first-order chi connectivity index (χ1) is 6.95. The molecule has 0 aliphatic carbocycles. The summed E-state index contributed by atoms with van der Waals surface area (Å²) in [6, 6.07) is 12.6. The molecule has 0 unspecified atom stereocenters. The minimum absolute atomic E-state index is 0.427. The summed E-state index contributed by atoms with van der Waals surface area (Å²) >= 11 is 0.427. The predicted octanol–water partition coefficient (Wildman–Crippen LogP) is 3.16. The summed E-state index contributed by atoms with van der Waals surface area (Å²) in [7, 11) is 0. The van der Waals surface area contributed by atoms with E-state index in [-0.39, 0.29) is 0 Å². The third kappa shape index (κ3) is 1.16. The quantitative estimate of drug-likeness (QED) is 0.602. The van der Waals surface area contributed by atoms with Crippen LogP contribution in [0.15, 0.2) is 52.0 Å². The van der Waals surface area contributed by atoms with Crippen molar-refractivity contribution in [2.24, 2.45) is 0 Å². The number of rotatable bonds is 1. The second kappa shape index (κ2) is 3.16. The summed E-state index contributed by atoms with van der Waals surface area (Å²) in [5.41, 5.74) is 2.37. The fraction of sp³-hybridized carbons (Fsp3) is 0. The molecular formula is C12H8OSe. The van der Waals surface area contributed by atoms with E-state index in [4.69, 9.17) is 4.42 Å². The van der Waals surface area contributed by atoms with Gasteiger partial charge in [-0.1, -0.05) is 0 Å². The zero-order chi connectivity index (χ0) is 9.38. The molecule has 2 heterocycles. The third-order valence-corrected chi connectivity index (χ3v) is 4.41. The van der Waals surface area contributed by atoms with Gasteiger partial charge in [-0.2, -0.15) is 0 Å². The Morgan fingerprint density at radius 3 is 2.71 bits per heavy atom. The molecule has 0 spiro atoms. The molecule has 2 heteroatoms. The number of benzene rings is 1. The van der Waals surface area contributed by atoms with E-state index in [0.717, 1.165) is 5.58 Å². The molecule has 14 heavy (non-hydrogen) atoms. The van der Waals surface area contributed by atoms with Gasteiger partial charge in [0.05, 0.1) is 0 Å². The van der Waals surface area contributed by atoms with Gasteiger partial charge in [0.1, 0.15) is 0 Å². The van der Waals surface area contributed by atoms with Crippen molar-refractivity contribution in [2.45, 2.75) is 0 Å². The molecule has 0 bridgehead atoms. The van der Waals surface area contributed by atoms with Crippen LogP contribution in [0.5, 0.6) is 0 Å².